The predicted octanol–water partition coefficient (Wildman–Crippen LogP) is 3.07. The van der Waals surface area contributed by atoms with Gasteiger partial charge in [-0.25, -0.2) is 9.59 Å². The molecule has 0 spiro atoms. The fourth-order valence-electron chi connectivity index (χ4n) is 1.67. The summed E-state index contributed by atoms with van der Waals surface area (Å²) in [5.41, 5.74) is 7.73. The number of aryl methyl sites for hydroxylation is 1. The van der Waals surface area contributed by atoms with Gasteiger partial charge < -0.3 is 21.1 Å². The Morgan fingerprint density at radius 1 is 1.19 bits per heavy atom. The molecule has 0 fully saturated rings. The van der Waals surface area contributed by atoms with E-state index < -0.39 is 12.0 Å². The minimum Gasteiger partial charge on any atom is -0.465 e. The van der Waals surface area contributed by atoms with E-state index in [1.807, 2.05) is 19.1 Å². The van der Waals surface area contributed by atoms with E-state index in [2.05, 4.69) is 15.4 Å². The van der Waals surface area contributed by atoms with Gasteiger partial charge in [-0.15, -0.1) is 11.3 Å². The van der Waals surface area contributed by atoms with Crippen molar-refractivity contribution in [1.82, 2.24) is 0 Å². The molecular weight excluding hydrogens is 290 g/mol. The second-order valence-electron chi connectivity index (χ2n) is 4.33. The molecule has 0 atom stereocenters. The van der Waals surface area contributed by atoms with E-state index in [-0.39, 0.29) is 4.88 Å². The smallest absolute Gasteiger partial charge is 0.350 e. The minimum absolute atomic E-state index is 0.258. The molecule has 0 bridgehead atoms. The van der Waals surface area contributed by atoms with Crippen molar-refractivity contribution in [2.24, 2.45) is 0 Å². The maximum atomic E-state index is 11.9. The minimum atomic E-state index is -0.540. The van der Waals surface area contributed by atoms with Crippen LogP contribution in [0.4, 0.5) is 21.2 Å². The molecule has 1 heterocycles. The Labute approximate surface area is 125 Å². The number of urea groups is 1. The van der Waals surface area contributed by atoms with Crippen LogP contribution >= 0.6 is 11.3 Å². The molecule has 0 saturated heterocycles. The molecule has 1 aromatic heterocycles. The molecule has 0 aliphatic heterocycles. The van der Waals surface area contributed by atoms with Crippen molar-refractivity contribution < 1.29 is 14.3 Å². The van der Waals surface area contributed by atoms with Gasteiger partial charge in [0.15, 0.2) is 0 Å². The van der Waals surface area contributed by atoms with Crippen molar-refractivity contribution in [2.45, 2.75) is 6.92 Å². The Morgan fingerprint density at radius 3 is 2.48 bits per heavy atom. The quantitative estimate of drug-likeness (QED) is 0.760. The molecule has 0 saturated carbocycles. The lowest BCUT2D eigenvalue weighted by Gasteiger charge is -2.07. The summed E-state index contributed by atoms with van der Waals surface area (Å²) in [5, 5.41) is 5.68. The normalized spacial score (nSPS) is 10.0. The van der Waals surface area contributed by atoms with E-state index in [0.29, 0.717) is 16.4 Å². The van der Waals surface area contributed by atoms with Gasteiger partial charge >= 0.3 is 12.0 Å². The zero-order chi connectivity index (χ0) is 15.4. The summed E-state index contributed by atoms with van der Waals surface area (Å²) in [6.07, 6.45) is 0. The van der Waals surface area contributed by atoms with Crippen molar-refractivity contribution in [3.05, 3.63) is 40.8 Å². The van der Waals surface area contributed by atoms with E-state index >= 15 is 0 Å². The van der Waals surface area contributed by atoms with E-state index in [1.165, 1.54) is 13.2 Å². The van der Waals surface area contributed by atoms with Crippen molar-refractivity contribution in [3.63, 3.8) is 0 Å². The largest absolute Gasteiger partial charge is 0.465 e. The molecular formula is C14H15N3O3S. The Bertz CT molecular complexity index is 665. The van der Waals surface area contributed by atoms with E-state index in [1.54, 1.807) is 12.1 Å². The average molecular weight is 305 g/mol. The molecule has 4 N–H and O–H groups in total. The van der Waals surface area contributed by atoms with Crippen LogP contribution in [0.15, 0.2) is 30.3 Å². The van der Waals surface area contributed by atoms with Gasteiger partial charge in [0.2, 0.25) is 0 Å². The Kier molecular flexibility index (Phi) is 4.44. The standard InChI is InChI=1S/C14H15N3O3S/c1-8-3-5-9(6-4-8)16-14(19)17-10-7-11(15)21-12(10)13(18)20-2/h3-7H,15H2,1-2H3,(H2,16,17,19). The number of nitrogen functional groups attached to an aromatic ring is 1. The fourth-order valence-corrected chi connectivity index (χ4v) is 2.47. The maximum Gasteiger partial charge on any atom is 0.350 e. The third-order valence-electron chi connectivity index (χ3n) is 2.68. The summed E-state index contributed by atoms with van der Waals surface area (Å²) in [6.45, 7) is 1.96. The third kappa shape index (κ3) is 3.73. The lowest BCUT2D eigenvalue weighted by Crippen LogP contribution is -2.20. The molecule has 1 aromatic carbocycles. The number of hydrogen-bond donors (Lipinski definition) is 3. The molecule has 110 valence electrons. The molecule has 2 amide bonds. The highest BCUT2D eigenvalue weighted by Gasteiger charge is 2.17. The van der Waals surface area contributed by atoms with Crippen LogP contribution in [0, 0.1) is 6.92 Å². The molecule has 0 aliphatic carbocycles. The summed E-state index contributed by atoms with van der Waals surface area (Å²) in [4.78, 5) is 23.8. The first-order valence-electron chi connectivity index (χ1n) is 6.12. The van der Waals surface area contributed by atoms with Crippen LogP contribution < -0.4 is 16.4 Å². The number of carbonyl (C=O) groups is 2. The highest BCUT2D eigenvalue weighted by atomic mass is 32.1. The number of rotatable bonds is 3. The molecule has 0 radical (unpaired) electrons. The number of thiophene rings is 1. The van der Waals surface area contributed by atoms with Crippen LogP contribution in [-0.4, -0.2) is 19.1 Å². The number of nitrogens with one attached hydrogen (secondary N) is 2. The highest BCUT2D eigenvalue weighted by Crippen LogP contribution is 2.29. The monoisotopic (exact) mass is 305 g/mol. The second-order valence-corrected chi connectivity index (χ2v) is 5.41. The molecule has 0 aliphatic rings. The van der Waals surface area contributed by atoms with Crippen molar-refractivity contribution in [3.8, 4) is 0 Å². The third-order valence-corrected chi connectivity index (χ3v) is 3.62. The molecule has 6 nitrogen and oxygen atoms in total. The number of anilines is 3. The van der Waals surface area contributed by atoms with Gasteiger partial charge in [0.1, 0.15) is 4.88 Å². The van der Waals surface area contributed by atoms with Gasteiger partial charge in [-0.3, -0.25) is 0 Å². The Balaban J connectivity index is 2.09. The molecule has 0 unspecified atom stereocenters. The van der Waals surface area contributed by atoms with E-state index in [4.69, 9.17) is 5.73 Å². The van der Waals surface area contributed by atoms with Crippen LogP contribution in [0.5, 0.6) is 0 Å². The number of hydrogen-bond acceptors (Lipinski definition) is 5. The average Bonchev–Trinajstić information content (AvgIpc) is 2.81. The molecule has 2 aromatic rings. The first-order valence-corrected chi connectivity index (χ1v) is 6.93. The van der Waals surface area contributed by atoms with E-state index in [9.17, 15) is 9.59 Å². The van der Waals surface area contributed by atoms with Gasteiger partial charge in [-0.2, -0.15) is 0 Å². The topological polar surface area (TPSA) is 93.4 Å². The number of ether oxygens (including phenoxy) is 1. The lowest BCUT2D eigenvalue weighted by atomic mass is 10.2. The van der Waals surface area contributed by atoms with Crippen LogP contribution in [0.3, 0.4) is 0 Å². The summed E-state index contributed by atoms with van der Waals surface area (Å²) in [6, 6.07) is 8.42. The van der Waals surface area contributed by atoms with Crippen molar-refractivity contribution in [1.29, 1.82) is 0 Å². The predicted molar refractivity (Wildman–Crippen MR) is 83.9 cm³/mol. The SMILES string of the molecule is COC(=O)c1sc(N)cc1NC(=O)Nc1ccc(C)cc1. The molecule has 7 heteroatoms. The van der Waals surface area contributed by atoms with Gasteiger partial charge in [0.25, 0.3) is 0 Å². The van der Waals surface area contributed by atoms with Gasteiger partial charge in [0.05, 0.1) is 17.8 Å². The van der Waals surface area contributed by atoms with E-state index in [0.717, 1.165) is 16.9 Å². The molecule has 2 rings (SSSR count). The number of nitrogens with two attached hydrogens (primary N) is 1. The second kappa shape index (κ2) is 6.27. The number of benzene rings is 1. The van der Waals surface area contributed by atoms with Crippen LogP contribution in [0.2, 0.25) is 0 Å². The number of methoxy groups -OCH3 is 1. The van der Waals surface area contributed by atoms with Gasteiger partial charge in [-0.1, -0.05) is 17.7 Å². The first-order chi connectivity index (χ1) is 9.99. The lowest BCUT2D eigenvalue weighted by molar-refractivity contribution is 0.0607. The van der Waals surface area contributed by atoms with Gasteiger partial charge in [0, 0.05) is 5.69 Å². The zero-order valence-electron chi connectivity index (χ0n) is 11.6. The van der Waals surface area contributed by atoms with Crippen molar-refractivity contribution in [2.75, 3.05) is 23.5 Å². The maximum absolute atomic E-state index is 11.9. The Hall–Kier alpha value is -2.54. The number of carbonyl (C=O) groups excluding carboxylic acids is 2. The summed E-state index contributed by atoms with van der Waals surface area (Å²) >= 11 is 1.06. The van der Waals surface area contributed by atoms with Crippen LogP contribution in [0.25, 0.3) is 0 Å². The van der Waals surface area contributed by atoms with Crippen LogP contribution in [0.1, 0.15) is 15.2 Å². The Morgan fingerprint density at radius 2 is 1.86 bits per heavy atom. The first kappa shape index (κ1) is 14.9. The summed E-state index contributed by atoms with van der Waals surface area (Å²) < 4.78 is 4.65. The summed E-state index contributed by atoms with van der Waals surface area (Å²) in [5.74, 6) is -0.540. The highest BCUT2D eigenvalue weighted by molar-refractivity contribution is 7.18. The molecule has 21 heavy (non-hydrogen) atoms. The van der Waals surface area contributed by atoms with Gasteiger partial charge in [-0.05, 0) is 25.1 Å². The van der Waals surface area contributed by atoms with Crippen molar-refractivity contribution >= 4 is 39.7 Å². The number of amides is 2. The zero-order valence-corrected chi connectivity index (χ0v) is 12.4. The fraction of sp³-hybridized carbons (Fsp3) is 0.143. The van der Waals surface area contributed by atoms with Crippen LogP contribution in [-0.2, 0) is 4.74 Å². The number of esters is 1. The summed E-state index contributed by atoms with van der Waals surface area (Å²) in [7, 11) is 1.27.